The molecular formula is C12H17BrN2O. The molecule has 88 valence electrons. The highest BCUT2D eigenvalue weighted by Crippen LogP contribution is 2.22. The maximum atomic E-state index is 11.4. The molecule has 0 fully saturated rings. The van der Waals surface area contributed by atoms with Gasteiger partial charge in [-0.1, -0.05) is 34.1 Å². The van der Waals surface area contributed by atoms with Gasteiger partial charge < -0.3 is 10.2 Å². The number of likely N-dealkylation sites (N-methyl/N-ethyl adjacent to an activating group) is 1. The average Bonchev–Trinajstić information content (AvgIpc) is 2.25. The van der Waals surface area contributed by atoms with Crippen LogP contribution in [0.2, 0.25) is 0 Å². The second-order valence-corrected chi connectivity index (χ2v) is 4.77. The highest BCUT2D eigenvalue weighted by atomic mass is 79.9. The second kappa shape index (κ2) is 6.01. The van der Waals surface area contributed by atoms with Gasteiger partial charge in [0.2, 0.25) is 5.91 Å². The van der Waals surface area contributed by atoms with Gasteiger partial charge in [-0.3, -0.25) is 4.79 Å². The predicted octanol–water partition coefficient (Wildman–Crippen LogP) is 2.19. The van der Waals surface area contributed by atoms with E-state index in [-0.39, 0.29) is 11.9 Å². The molecule has 0 aliphatic heterocycles. The molecule has 1 rings (SSSR count). The maximum Gasteiger partial charge on any atom is 0.236 e. The fourth-order valence-electron chi connectivity index (χ4n) is 1.33. The van der Waals surface area contributed by atoms with E-state index < -0.39 is 0 Å². The fraction of sp³-hybridized carbons (Fsp3) is 0.417. The van der Waals surface area contributed by atoms with Crippen LogP contribution < -0.4 is 5.32 Å². The molecule has 0 aromatic heterocycles. The fourth-order valence-corrected chi connectivity index (χ4v) is 1.96. The first-order chi connectivity index (χ1) is 7.52. The van der Waals surface area contributed by atoms with E-state index in [2.05, 4.69) is 21.2 Å². The van der Waals surface area contributed by atoms with Crippen molar-refractivity contribution in [2.45, 2.75) is 13.0 Å². The van der Waals surface area contributed by atoms with Crippen LogP contribution in [0.4, 0.5) is 0 Å². The molecule has 0 aliphatic rings. The number of nitrogens with one attached hydrogen (secondary N) is 1. The molecule has 1 N–H and O–H groups in total. The van der Waals surface area contributed by atoms with Gasteiger partial charge in [0.25, 0.3) is 0 Å². The van der Waals surface area contributed by atoms with Gasteiger partial charge in [0.1, 0.15) is 0 Å². The topological polar surface area (TPSA) is 32.3 Å². The quantitative estimate of drug-likeness (QED) is 0.919. The molecule has 0 heterocycles. The van der Waals surface area contributed by atoms with E-state index in [1.165, 1.54) is 0 Å². The largest absolute Gasteiger partial charge is 0.348 e. The predicted molar refractivity (Wildman–Crippen MR) is 69.3 cm³/mol. The van der Waals surface area contributed by atoms with E-state index >= 15 is 0 Å². The number of nitrogens with zero attached hydrogens (tertiary/aromatic N) is 1. The Balaban J connectivity index is 2.56. The van der Waals surface area contributed by atoms with Crippen LogP contribution in [0.3, 0.4) is 0 Å². The van der Waals surface area contributed by atoms with Crippen molar-refractivity contribution in [2.24, 2.45) is 0 Å². The molecule has 1 atom stereocenters. The molecule has 1 aromatic carbocycles. The molecule has 16 heavy (non-hydrogen) atoms. The van der Waals surface area contributed by atoms with Crippen LogP contribution in [-0.4, -0.2) is 31.4 Å². The Morgan fingerprint density at radius 1 is 1.44 bits per heavy atom. The summed E-state index contributed by atoms with van der Waals surface area (Å²) in [5.41, 5.74) is 1.16. The maximum absolute atomic E-state index is 11.4. The molecule has 1 aromatic rings. The lowest BCUT2D eigenvalue weighted by molar-refractivity contribution is -0.127. The standard InChI is InChI=1S/C12H17BrN2O/c1-9(14-8-12(16)15(2)3)10-6-4-5-7-11(10)13/h4-7,9,14H,8H2,1-3H3. The van der Waals surface area contributed by atoms with E-state index in [0.717, 1.165) is 10.0 Å². The summed E-state index contributed by atoms with van der Waals surface area (Å²) in [6.45, 7) is 2.40. The third-order valence-corrected chi connectivity index (χ3v) is 3.15. The summed E-state index contributed by atoms with van der Waals surface area (Å²) in [6, 6.07) is 8.17. The lowest BCUT2D eigenvalue weighted by Gasteiger charge is -2.17. The third kappa shape index (κ3) is 3.61. The highest BCUT2D eigenvalue weighted by molar-refractivity contribution is 9.10. The first-order valence-electron chi connectivity index (χ1n) is 5.20. The summed E-state index contributed by atoms with van der Waals surface area (Å²) in [5, 5.41) is 3.20. The molecule has 3 nitrogen and oxygen atoms in total. The Bertz CT molecular complexity index is 366. The van der Waals surface area contributed by atoms with Crippen LogP contribution in [0.5, 0.6) is 0 Å². The van der Waals surface area contributed by atoms with Crippen molar-refractivity contribution in [3.63, 3.8) is 0 Å². The van der Waals surface area contributed by atoms with Crippen molar-refractivity contribution in [3.05, 3.63) is 34.3 Å². The third-order valence-electron chi connectivity index (χ3n) is 2.43. The van der Waals surface area contributed by atoms with Gasteiger partial charge in [-0.2, -0.15) is 0 Å². The van der Waals surface area contributed by atoms with Gasteiger partial charge in [-0.25, -0.2) is 0 Å². The molecule has 0 spiro atoms. The van der Waals surface area contributed by atoms with Gasteiger partial charge >= 0.3 is 0 Å². The number of halogens is 1. The monoisotopic (exact) mass is 284 g/mol. The molecule has 1 amide bonds. The Morgan fingerprint density at radius 3 is 2.62 bits per heavy atom. The smallest absolute Gasteiger partial charge is 0.236 e. The number of hydrogen-bond donors (Lipinski definition) is 1. The Labute approximate surface area is 105 Å². The van der Waals surface area contributed by atoms with E-state index in [1.54, 1.807) is 19.0 Å². The van der Waals surface area contributed by atoms with Crippen LogP contribution in [0.25, 0.3) is 0 Å². The van der Waals surface area contributed by atoms with Gasteiger partial charge in [0, 0.05) is 24.6 Å². The zero-order chi connectivity index (χ0) is 12.1. The summed E-state index contributed by atoms with van der Waals surface area (Å²) in [7, 11) is 3.51. The van der Waals surface area contributed by atoms with Crippen molar-refractivity contribution in [3.8, 4) is 0 Å². The number of amides is 1. The number of hydrogen-bond acceptors (Lipinski definition) is 2. The van der Waals surface area contributed by atoms with Crippen LogP contribution in [0.1, 0.15) is 18.5 Å². The number of rotatable bonds is 4. The van der Waals surface area contributed by atoms with Gasteiger partial charge in [0.05, 0.1) is 6.54 Å². The Morgan fingerprint density at radius 2 is 2.06 bits per heavy atom. The molecule has 4 heteroatoms. The SMILES string of the molecule is CC(NCC(=O)N(C)C)c1ccccc1Br. The minimum Gasteiger partial charge on any atom is -0.348 e. The van der Waals surface area contributed by atoms with Crippen LogP contribution in [0.15, 0.2) is 28.7 Å². The van der Waals surface area contributed by atoms with Crippen molar-refractivity contribution in [1.29, 1.82) is 0 Å². The lowest BCUT2D eigenvalue weighted by Crippen LogP contribution is -2.34. The molecule has 1 unspecified atom stereocenters. The minimum atomic E-state index is 0.0823. The number of carbonyl (C=O) groups excluding carboxylic acids is 1. The Hall–Kier alpha value is -0.870. The molecule has 0 saturated carbocycles. The zero-order valence-corrected chi connectivity index (χ0v) is 11.4. The van der Waals surface area contributed by atoms with Crippen LogP contribution in [-0.2, 0) is 4.79 Å². The van der Waals surface area contributed by atoms with Crippen molar-refractivity contribution < 1.29 is 4.79 Å². The van der Waals surface area contributed by atoms with E-state index in [0.29, 0.717) is 6.54 Å². The lowest BCUT2D eigenvalue weighted by atomic mass is 10.1. The highest BCUT2D eigenvalue weighted by Gasteiger charge is 2.10. The zero-order valence-electron chi connectivity index (χ0n) is 9.83. The molecular weight excluding hydrogens is 268 g/mol. The molecule has 0 radical (unpaired) electrons. The second-order valence-electron chi connectivity index (χ2n) is 3.91. The summed E-state index contributed by atoms with van der Waals surface area (Å²) in [5.74, 6) is 0.0823. The van der Waals surface area contributed by atoms with Crippen molar-refractivity contribution in [2.75, 3.05) is 20.6 Å². The molecule has 0 aliphatic carbocycles. The first-order valence-corrected chi connectivity index (χ1v) is 5.99. The van der Waals surface area contributed by atoms with Crippen molar-refractivity contribution in [1.82, 2.24) is 10.2 Å². The van der Waals surface area contributed by atoms with Crippen LogP contribution >= 0.6 is 15.9 Å². The summed E-state index contributed by atoms with van der Waals surface area (Å²) < 4.78 is 1.06. The Kier molecular flexibility index (Phi) is 4.96. The number of benzene rings is 1. The van der Waals surface area contributed by atoms with E-state index in [1.807, 2.05) is 31.2 Å². The first kappa shape index (κ1) is 13.2. The van der Waals surface area contributed by atoms with E-state index in [9.17, 15) is 4.79 Å². The van der Waals surface area contributed by atoms with Crippen LogP contribution in [0, 0.1) is 0 Å². The normalized spacial score (nSPS) is 12.2. The van der Waals surface area contributed by atoms with Gasteiger partial charge in [0.15, 0.2) is 0 Å². The summed E-state index contributed by atoms with van der Waals surface area (Å²) >= 11 is 3.50. The average molecular weight is 285 g/mol. The van der Waals surface area contributed by atoms with Gasteiger partial charge in [-0.15, -0.1) is 0 Å². The molecule has 0 bridgehead atoms. The summed E-state index contributed by atoms with van der Waals surface area (Å²) in [6.07, 6.45) is 0. The number of carbonyl (C=O) groups is 1. The minimum absolute atomic E-state index is 0.0823. The van der Waals surface area contributed by atoms with Gasteiger partial charge in [-0.05, 0) is 18.6 Å². The molecule has 0 saturated heterocycles. The summed E-state index contributed by atoms with van der Waals surface area (Å²) in [4.78, 5) is 13.0. The van der Waals surface area contributed by atoms with Crippen molar-refractivity contribution >= 4 is 21.8 Å². The van der Waals surface area contributed by atoms with E-state index in [4.69, 9.17) is 0 Å².